The molecule has 7 nitrogen and oxygen atoms in total. The van der Waals surface area contributed by atoms with Crippen molar-refractivity contribution in [1.82, 2.24) is 20.1 Å². The zero-order chi connectivity index (χ0) is 18.9. The number of hydrogen-bond acceptors (Lipinski definition) is 5. The number of hydrogen-bond donors (Lipinski definition) is 2. The highest BCUT2D eigenvalue weighted by Crippen LogP contribution is 2.23. The van der Waals surface area contributed by atoms with Crippen LogP contribution in [-0.4, -0.2) is 47.0 Å². The number of halogens is 1. The number of piperidine rings is 1. The average molecular weight is 408 g/mol. The third kappa shape index (κ3) is 6.89. The second-order valence-electron chi connectivity index (χ2n) is 6.94. The van der Waals surface area contributed by atoms with Gasteiger partial charge < -0.3 is 10.1 Å². The Morgan fingerprint density at radius 2 is 2.00 bits per heavy atom. The fourth-order valence-electron chi connectivity index (χ4n) is 3.22. The van der Waals surface area contributed by atoms with Crippen LogP contribution in [0.25, 0.3) is 0 Å². The zero-order valence-electron chi connectivity index (χ0n) is 16.4. The number of carbonyl (C=O) groups is 1. The molecule has 1 saturated heterocycles. The second-order valence-corrected chi connectivity index (χ2v) is 6.94. The van der Waals surface area contributed by atoms with Gasteiger partial charge in [0.25, 0.3) is 0 Å². The number of benzene rings is 1. The van der Waals surface area contributed by atoms with Crippen LogP contribution in [0, 0.1) is 0 Å². The van der Waals surface area contributed by atoms with Crippen LogP contribution in [-0.2, 0) is 23.0 Å². The summed E-state index contributed by atoms with van der Waals surface area (Å²) in [5.74, 6) is 1.69. The predicted octanol–water partition coefficient (Wildman–Crippen LogP) is 2.68. The molecule has 2 aromatic rings. The van der Waals surface area contributed by atoms with Gasteiger partial charge in [-0.1, -0.05) is 30.3 Å². The van der Waals surface area contributed by atoms with Gasteiger partial charge in [-0.3, -0.25) is 10.1 Å². The number of anilines is 1. The van der Waals surface area contributed by atoms with E-state index in [1.807, 2.05) is 25.2 Å². The minimum atomic E-state index is -0.0472. The SMILES string of the molecule is Cl.Cn1nc(C2CCNCC2)nc1NC(=O)CCCOCCc1ccccc1. The molecule has 8 heteroatoms. The van der Waals surface area contributed by atoms with E-state index in [0.29, 0.717) is 37.9 Å². The van der Waals surface area contributed by atoms with Gasteiger partial charge >= 0.3 is 0 Å². The molecule has 1 aromatic heterocycles. The van der Waals surface area contributed by atoms with Gasteiger partial charge in [0, 0.05) is 26.0 Å². The van der Waals surface area contributed by atoms with Crippen molar-refractivity contribution in [3.05, 3.63) is 41.7 Å². The van der Waals surface area contributed by atoms with E-state index in [1.165, 1.54) is 5.56 Å². The first kappa shape index (κ1) is 22.3. The molecule has 2 N–H and O–H groups in total. The fraction of sp³-hybridized carbons (Fsp3) is 0.550. The third-order valence-electron chi connectivity index (χ3n) is 4.81. The molecule has 3 rings (SSSR count). The molecule has 0 spiro atoms. The Morgan fingerprint density at radius 1 is 1.25 bits per heavy atom. The van der Waals surface area contributed by atoms with Crippen molar-refractivity contribution in [3.63, 3.8) is 0 Å². The molecule has 0 radical (unpaired) electrons. The van der Waals surface area contributed by atoms with E-state index in [0.717, 1.165) is 38.2 Å². The number of aryl methyl sites for hydroxylation is 1. The van der Waals surface area contributed by atoms with Crippen LogP contribution in [0.1, 0.15) is 43.0 Å². The quantitative estimate of drug-likeness (QED) is 0.624. The summed E-state index contributed by atoms with van der Waals surface area (Å²) in [6, 6.07) is 10.3. The summed E-state index contributed by atoms with van der Waals surface area (Å²) in [6.07, 6.45) is 4.08. The summed E-state index contributed by atoms with van der Waals surface area (Å²) in [7, 11) is 1.82. The maximum atomic E-state index is 12.1. The molecule has 0 bridgehead atoms. The highest BCUT2D eigenvalue weighted by atomic mass is 35.5. The lowest BCUT2D eigenvalue weighted by atomic mass is 9.98. The first-order valence-electron chi connectivity index (χ1n) is 9.75. The van der Waals surface area contributed by atoms with Crippen LogP contribution in [0.3, 0.4) is 0 Å². The second kappa shape index (κ2) is 11.8. The normalized spacial score (nSPS) is 14.5. The molecular formula is C20H30ClN5O2. The molecule has 1 aliphatic rings. The van der Waals surface area contributed by atoms with Crippen molar-refractivity contribution in [1.29, 1.82) is 0 Å². The molecular weight excluding hydrogens is 378 g/mol. The summed E-state index contributed by atoms with van der Waals surface area (Å²) >= 11 is 0. The lowest BCUT2D eigenvalue weighted by molar-refractivity contribution is -0.116. The molecule has 0 aliphatic carbocycles. The molecule has 1 aromatic carbocycles. The lowest BCUT2D eigenvalue weighted by Gasteiger charge is -2.19. The van der Waals surface area contributed by atoms with Crippen molar-refractivity contribution in [3.8, 4) is 0 Å². The standard InChI is InChI=1S/C20H29N5O2.ClH/c1-25-20(23-19(24-25)17-9-12-21-13-10-17)22-18(26)8-5-14-27-15-11-16-6-3-2-4-7-16;/h2-4,6-7,17,21H,5,8-15H2,1H3,(H,22,23,24,26);1H. The van der Waals surface area contributed by atoms with E-state index in [9.17, 15) is 4.79 Å². The number of carbonyl (C=O) groups excluding carboxylic acids is 1. The molecule has 2 heterocycles. The lowest BCUT2D eigenvalue weighted by Crippen LogP contribution is -2.27. The molecule has 1 fully saturated rings. The van der Waals surface area contributed by atoms with Gasteiger partial charge in [0.15, 0.2) is 5.82 Å². The molecule has 28 heavy (non-hydrogen) atoms. The highest BCUT2D eigenvalue weighted by Gasteiger charge is 2.21. The van der Waals surface area contributed by atoms with E-state index in [1.54, 1.807) is 4.68 Å². The molecule has 154 valence electrons. The summed E-state index contributed by atoms with van der Waals surface area (Å²) in [6.45, 7) is 3.25. The Bertz CT molecular complexity index is 717. The average Bonchev–Trinajstić information content (AvgIpc) is 3.06. The maximum Gasteiger partial charge on any atom is 0.227 e. The van der Waals surface area contributed by atoms with Gasteiger partial charge in [0.05, 0.1) is 6.61 Å². The predicted molar refractivity (Wildman–Crippen MR) is 112 cm³/mol. The Labute approximate surface area is 172 Å². The van der Waals surface area contributed by atoms with Crippen LogP contribution < -0.4 is 10.6 Å². The first-order chi connectivity index (χ1) is 13.2. The van der Waals surface area contributed by atoms with Gasteiger partial charge in [-0.2, -0.15) is 10.1 Å². The first-order valence-corrected chi connectivity index (χ1v) is 9.75. The number of rotatable bonds is 9. The van der Waals surface area contributed by atoms with E-state index in [4.69, 9.17) is 4.74 Å². The molecule has 0 unspecified atom stereocenters. The van der Waals surface area contributed by atoms with Crippen LogP contribution in [0.2, 0.25) is 0 Å². The van der Waals surface area contributed by atoms with Gasteiger partial charge in [-0.25, -0.2) is 4.68 Å². The summed E-state index contributed by atoms with van der Waals surface area (Å²) in [5, 5.41) is 10.7. The van der Waals surface area contributed by atoms with Gasteiger partial charge in [-0.05, 0) is 44.3 Å². The van der Waals surface area contributed by atoms with Crippen molar-refractivity contribution >= 4 is 24.3 Å². The van der Waals surface area contributed by atoms with Crippen LogP contribution in [0.4, 0.5) is 5.95 Å². The van der Waals surface area contributed by atoms with Crippen LogP contribution >= 0.6 is 12.4 Å². The summed E-state index contributed by atoms with van der Waals surface area (Å²) in [4.78, 5) is 16.7. The van der Waals surface area contributed by atoms with Gasteiger partial charge in [-0.15, -0.1) is 12.4 Å². The van der Waals surface area contributed by atoms with Gasteiger partial charge in [0.1, 0.15) is 0 Å². The minimum Gasteiger partial charge on any atom is -0.381 e. The molecule has 0 atom stereocenters. The van der Waals surface area contributed by atoms with Crippen molar-refractivity contribution in [2.45, 2.75) is 38.0 Å². The molecule has 1 amide bonds. The van der Waals surface area contributed by atoms with Crippen LogP contribution in [0.15, 0.2) is 30.3 Å². The molecule has 0 saturated carbocycles. The number of ether oxygens (including phenoxy) is 1. The van der Waals surface area contributed by atoms with Crippen molar-refractivity contribution < 1.29 is 9.53 Å². The largest absolute Gasteiger partial charge is 0.381 e. The zero-order valence-corrected chi connectivity index (χ0v) is 17.2. The van der Waals surface area contributed by atoms with E-state index in [2.05, 4.69) is 32.8 Å². The van der Waals surface area contributed by atoms with Crippen LogP contribution in [0.5, 0.6) is 0 Å². The summed E-state index contributed by atoms with van der Waals surface area (Å²) in [5.41, 5.74) is 1.27. The Hall–Kier alpha value is -1.96. The third-order valence-corrected chi connectivity index (χ3v) is 4.81. The smallest absolute Gasteiger partial charge is 0.227 e. The van der Waals surface area contributed by atoms with E-state index >= 15 is 0 Å². The topological polar surface area (TPSA) is 81.1 Å². The fourth-order valence-corrected chi connectivity index (χ4v) is 3.22. The van der Waals surface area contributed by atoms with Gasteiger partial charge in [0.2, 0.25) is 11.9 Å². The highest BCUT2D eigenvalue weighted by molar-refractivity contribution is 5.88. The minimum absolute atomic E-state index is 0. The number of nitrogens with zero attached hydrogens (tertiary/aromatic N) is 3. The van der Waals surface area contributed by atoms with Crippen molar-refractivity contribution in [2.24, 2.45) is 7.05 Å². The van der Waals surface area contributed by atoms with Crippen molar-refractivity contribution in [2.75, 3.05) is 31.6 Å². The van der Waals surface area contributed by atoms with E-state index < -0.39 is 0 Å². The Morgan fingerprint density at radius 3 is 2.75 bits per heavy atom. The Kier molecular flexibility index (Phi) is 9.40. The Balaban J connectivity index is 0.00000280. The van der Waals surface area contributed by atoms with E-state index in [-0.39, 0.29) is 18.3 Å². The monoisotopic (exact) mass is 407 g/mol. The number of aromatic nitrogens is 3. The number of amides is 1. The maximum absolute atomic E-state index is 12.1. The number of nitrogens with one attached hydrogen (secondary N) is 2. The summed E-state index contributed by atoms with van der Waals surface area (Å²) < 4.78 is 7.28. The molecule has 1 aliphatic heterocycles.